The van der Waals surface area contributed by atoms with Gasteiger partial charge in [-0.1, -0.05) is 13.0 Å². The van der Waals surface area contributed by atoms with E-state index in [2.05, 4.69) is 39.2 Å². The minimum Gasteiger partial charge on any atom is -0.385 e. The Hall–Kier alpha value is -1.86. The molecule has 2 fully saturated rings. The molecule has 0 amide bonds. The molecule has 0 unspecified atom stereocenters. The molecule has 0 saturated carbocycles. The van der Waals surface area contributed by atoms with E-state index in [1.165, 1.54) is 18.4 Å². The van der Waals surface area contributed by atoms with Crippen LogP contribution in [0.3, 0.4) is 0 Å². The van der Waals surface area contributed by atoms with E-state index in [0.717, 1.165) is 82.9 Å². The Morgan fingerprint density at radius 2 is 1.90 bits per heavy atom. The quantitative estimate of drug-likeness (QED) is 0.399. The summed E-state index contributed by atoms with van der Waals surface area (Å²) in [6, 6.07) is 4.34. The van der Waals surface area contributed by atoms with Crippen molar-refractivity contribution in [3.8, 4) is 0 Å². The van der Waals surface area contributed by atoms with E-state index in [4.69, 9.17) is 14.5 Å². The molecule has 0 radical (unpaired) electrons. The summed E-state index contributed by atoms with van der Waals surface area (Å²) in [6.07, 6.45) is 7.91. The van der Waals surface area contributed by atoms with Gasteiger partial charge in [0, 0.05) is 66.3 Å². The van der Waals surface area contributed by atoms with Gasteiger partial charge in [0.05, 0.1) is 6.10 Å². The summed E-state index contributed by atoms with van der Waals surface area (Å²) in [5.41, 5.74) is 1.18. The smallest absolute Gasteiger partial charge is 0.193 e. The number of piperidine rings is 2. The Kier molecular flexibility index (Phi) is 9.21. The third-order valence-corrected chi connectivity index (χ3v) is 6.17. The molecular formula is C23H39N5O2. The molecule has 168 valence electrons. The van der Waals surface area contributed by atoms with Crippen molar-refractivity contribution in [2.45, 2.75) is 51.7 Å². The van der Waals surface area contributed by atoms with Crippen LogP contribution < -0.4 is 10.2 Å². The summed E-state index contributed by atoms with van der Waals surface area (Å²) >= 11 is 0. The number of likely N-dealkylation sites (tertiary alicyclic amines) is 1. The fraction of sp³-hybridized carbons (Fsp3) is 0.739. The number of hydrogen-bond acceptors (Lipinski definition) is 5. The minimum atomic E-state index is 0.353. The molecule has 0 atom stereocenters. The number of rotatable bonds is 8. The molecule has 2 aliphatic rings. The summed E-state index contributed by atoms with van der Waals surface area (Å²) in [5, 5.41) is 3.50. The van der Waals surface area contributed by atoms with E-state index in [0.29, 0.717) is 6.10 Å². The molecule has 7 nitrogen and oxygen atoms in total. The lowest BCUT2D eigenvalue weighted by molar-refractivity contribution is 0.00989. The van der Waals surface area contributed by atoms with Crippen molar-refractivity contribution in [3.63, 3.8) is 0 Å². The van der Waals surface area contributed by atoms with Crippen LogP contribution in [0.4, 0.5) is 5.82 Å². The summed E-state index contributed by atoms with van der Waals surface area (Å²) in [5.74, 6) is 2.90. The van der Waals surface area contributed by atoms with Gasteiger partial charge < -0.3 is 24.6 Å². The van der Waals surface area contributed by atoms with Crippen LogP contribution in [0.25, 0.3) is 0 Å². The van der Waals surface area contributed by atoms with Crippen LogP contribution >= 0.6 is 0 Å². The van der Waals surface area contributed by atoms with E-state index in [9.17, 15) is 0 Å². The highest BCUT2D eigenvalue weighted by Gasteiger charge is 2.22. The Labute approximate surface area is 181 Å². The van der Waals surface area contributed by atoms with Gasteiger partial charge in [0.15, 0.2) is 5.96 Å². The highest BCUT2D eigenvalue weighted by atomic mass is 16.5. The Morgan fingerprint density at radius 3 is 2.53 bits per heavy atom. The number of ether oxygens (including phenoxy) is 2. The maximum atomic E-state index is 5.96. The number of guanidine groups is 1. The normalized spacial score (nSPS) is 19.4. The highest BCUT2D eigenvalue weighted by Crippen LogP contribution is 2.21. The van der Waals surface area contributed by atoms with Crippen molar-refractivity contribution < 1.29 is 9.47 Å². The molecule has 2 saturated heterocycles. The lowest BCUT2D eigenvalue weighted by atomic mass is 9.99. The summed E-state index contributed by atoms with van der Waals surface area (Å²) in [7, 11) is 3.59. The van der Waals surface area contributed by atoms with Crippen molar-refractivity contribution >= 4 is 11.8 Å². The molecule has 3 heterocycles. The predicted octanol–water partition coefficient (Wildman–Crippen LogP) is 2.91. The van der Waals surface area contributed by atoms with E-state index >= 15 is 0 Å². The molecule has 0 aromatic carbocycles. The number of nitrogens with one attached hydrogen (secondary N) is 1. The van der Waals surface area contributed by atoms with Gasteiger partial charge in [-0.15, -0.1) is 0 Å². The van der Waals surface area contributed by atoms with Crippen LogP contribution in [0, 0.1) is 5.92 Å². The molecular weight excluding hydrogens is 378 g/mol. The van der Waals surface area contributed by atoms with Gasteiger partial charge >= 0.3 is 0 Å². The standard InChI is InChI=1S/C23H39N5O2/c1-19-7-11-27(12-8-19)22-6-5-20(17-25-22)18-26-23(24-2)28-13-9-21(10-14-28)30-16-4-15-29-3/h5-6,17,19,21H,4,7-16,18H2,1-3H3,(H,24,26). The zero-order valence-corrected chi connectivity index (χ0v) is 19.0. The van der Waals surface area contributed by atoms with Gasteiger partial charge in [0.1, 0.15) is 5.82 Å². The number of hydrogen-bond donors (Lipinski definition) is 1. The average molecular weight is 418 g/mol. The first kappa shape index (κ1) is 22.8. The average Bonchev–Trinajstić information content (AvgIpc) is 2.79. The van der Waals surface area contributed by atoms with Crippen molar-refractivity contribution in [1.82, 2.24) is 15.2 Å². The molecule has 0 bridgehead atoms. The first-order valence-electron chi connectivity index (χ1n) is 11.5. The molecule has 1 N–H and O–H groups in total. The summed E-state index contributed by atoms with van der Waals surface area (Å²) < 4.78 is 11.0. The van der Waals surface area contributed by atoms with Crippen LogP contribution in [-0.2, 0) is 16.0 Å². The number of methoxy groups -OCH3 is 1. The van der Waals surface area contributed by atoms with Crippen LogP contribution in [0.2, 0.25) is 0 Å². The van der Waals surface area contributed by atoms with Gasteiger partial charge in [-0.05, 0) is 49.7 Å². The van der Waals surface area contributed by atoms with Gasteiger partial charge in [-0.25, -0.2) is 4.98 Å². The second-order valence-corrected chi connectivity index (χ2v) is 8.50. The maximum absolute atomic E-state index is 5.96. The van der Waals surface area contributed by atoms with Gasteiger partial charge in [-0.2, -0.15) is 0 Å². The van der Waals surface area contributed by atoms with Crippen LogP contribution in [0.15, 0.2) is 23.3 Å². The first-order valence-corrected chi connectivity index (χ1v) is 11.5. The summed E-state index contributed by atoms with van der Waals surface area (Å²) in [6.45, 7) is 8.80. The second-order valence-electron chi connectivity index (χ2n) is 8.50. The third-order valence-electron chi connectivity index (χ3n) is 6.17. The molecule has 3 rings (SSSR count). The molecule has 0 spiro atoms. The van der Waals surface area contributed by atoms with E-state index in [-0.39, 0.29) is 0 Å². The SMILES string of the molecule is CN=C(NCc1ccc(N2CCC(C)CC2)nc1)N1CCC(OCCCOC)CC1. The molecule has 0 aliphatic carbocycles. The number of pyridine rings is 1. The number of nitrogens with zero attached hydrogens (tertiary/aromatic N) is 4. The fourth-order valence-electron chi connectivity index (χ4n) is 4.15. The topological polar surface area (TPSA) is 62.2 Å². The Bertz CT molecular complexity index is 635. The van der Waals surface area contributed by atoms with Crippen molar-refractivity contribution in [1.29, 1.82) is 0 Å². The Morgan fingerprint density at radius 1 is 1.13 bits per heavy atom. The number of anilines is 1. The lowest BCUT2D eigenvalue weighted by Crippen LogP contribution is -2.46. The monoisotopic (exact) mass is 417 g/mol. The largest absolute Gasteiger partial charge is 0.385 e. The van der Waals surface area contributed by atoms with E-state index in [1.807, 2.05) is 13.2 Å². The fourth-order valence-corrected chi connectivity index (χ4v) is 4.15. The van der Waals surface area contributed by atoms with Gasteiger partial charge in [0.2, 0.25) is 0 Å². The number of aliphatic imine (C=N–C) groups is 1. The van der Waals surface area contributed by atoms with Crippen molar-refractivity contribution in [3.05, 3.63) is 23.9 Å². The number of aromatic nitrogens is 1. The highest BCUT2D eigenvalue weighted by molar-refractivity contribution is 5.79. The first-order chi connectivity index (χ1) is 14.7. The second kappa shape index (κ2) is 12.1. The molecule has 7 heteroatoms. The van der Waals surface area contributed by atoms with E-state index < -0.39 is 0 Å². The Balaban J connectivity index is 1.40. The van der Waals surface area contributed by atoms with Crippen LogP contribution in [-0.4, -0.2) is 75.5 Å². The third kappa shape index (κ3) is 6.84. The minimum absolute atomic E-state index is 0.353. The zero-order chi connectivity index (χ0) is 21.2. The van der Waals surface area contributed by atoms with E-state index in [1.54, 1.807) is 7.11 Å². The molecule has 1 aromatic heterocycles. The predicted molar refractivity (Wildman–Crippen MR) is 122 cm³/mol. The van der Waals surface area contributed by atoms with Gasteiger partial charge in [0.25, 0.3) is 0 Å². The lowest BCUT2D eigenvalue weighted by Gasteiger charge is -2.34. The van der Waals surface area contributed by atoms with Crippen molar-refractivity contribution in [2.75, 3.05) is 58.5 Å². The maximum Gasteiger partial charge on any atom is 0.193 e. The molecule has 1 aromatic rings. The molecule has 30 heavy (non-hydrogen) atoms. The van der Waals surface area contributed by atoms with Gasteiger partial charge in [-0.3, -0.25) is 4.99 Å². The zero-order valence-electron chi connectivity index (χ0n) is 19.0. The summed E-state index contributed by atoms with van der Waals surface area (Å²) in [4.78, 5) is 13.9. The van der Waals surface area contributed by atoms with Crippen LogP contribution in [0.1, 0.15) is 44.6 Å². The van der Waals surface area contributed by atoms with Crippen molar-refractivity contribution in [2.24, 2.45) is 10.9 Å². The van der Waals surface area contributed by atoms with Crippen LogP contribution in [0.5, 0.6) is 0 Å². The molecule has 2 aliphatic heterocycles.